The molecule has 0 aliphatic heterocycles. The SMILES string of the molecule is CNCCc1oc(C(F)(F)F)nc1-c1ccccc1. The van der Waals surface area contributed by atoms with Crippen molar-refractivity contribution in [1.82, 2.24) is 10.3 Å². The van der Waals surface area contributed by atoms with Crippen molar-refractivity contribution in [3.63, 3.8) is 0 Å². The van der Waals surface area contributed by atoms with E-state index in [1.807, 2.05) is 0 Å². The number of likely N-dealkylation sites (N-methyl/N-ethyl adjacent to an activating group) is 1. The molecule has 0 aliphatic carbocycles. The smallest absolute Gasteiger partial charge is 0.437 e. The van der Waals surface area contributed by atoms with Crippen LogP contribution < -0.4 is 5.32 Å². The molecule has 6 heteroatoms. The Hall–Kier alpha value is -1.82. The lowest BCUT2D eigenvalue weighted by Crippen LogP contribution is -2.10. The minimum atomic E-state index is -4.57. The van der Waals surface area contributed by atoms with Gasteiger partial charge in [0, 0.05) is 18.5 Å². The lowest BCUT2D eigenvalue weighted by molar-refractivity contribution is -0.157. The van der Waals surface area contributed by atoms with Gasteiger partial charge in [0.2, 0.25) is 0 Å². The second-order valence-electron chi connectivity index (χ2n) is 4.01. The van der Waals surface area contributed by atoms with Crippen molar-refractivity contribution in [3.8, 4) is 11.3 Å². The average Bonchev–Trinajstić information content (AvgIpc) is 2.81. The van der Waals surface area contributed by atoms with E-state index in [2.05, 4.69) is 10.3 Å². The van der Waals surface area contributed by atoms with Gasteiger partial charge in [0.1, 0.15) is 11.5 Å². The molecule has 1 aromatic carbocycles. The zero-order chi connectivity index (χ0) is 13.9. The molecule has 0 unspecified atom stereocenters. The number of hydrogen-bond acceptors (Lipinski definition) is 3. The Kier molecular flexibility index (Phi) is 3.90. The van der Waals surface area contributed by atoms with Gasteiger partial charge in [0.25, 0.3) is 0 Å². The van der Waals surface area contributed by atoms with E-state index in [1.165, 1.54) is 0 Å². The predicted octanol–water partition coefficient (Wildman–Crippen LogP) is 3.12. The van der Waals surface area contributed by atoms with Crippen LogP contribution in [0, 0.1) is 0 Å². The Morgan fingerprint density at radius 1 is 1.21 bits per heavy atom. The fraction of sp³-hybridized carbons (Fsp3) is 0.308. The van der Waals surface area contributed by atoms with Gasteiger partial charge >= 0.3 is 12.1 Å². The quantitative estimate of drug-likeness (QED) is 0.927. The molecular weight excluding hydrogens is 257 g/mol. The summed E-state index contributed by atoms with van der Waals surface area (Å²) in [4.78, 5) is 3.59. The van der Waals surface area contributed by atoms with Crippen LogP contribution in [0.15, 0.2) is 34.7 Å². The lowest BCUT2D eigenvalue weighted by atomic mass is 10.1. The normalized spacial score (nSPS) is 11.8. The van der Waals surface area contributed by atoms with Crippen molar-refractivity contribution in [3.05, 3.63) is 42.0 Å². The molecule has 2 rings (SSSR count). The van der Waals surface area contributed by atoms with Gasteiger partial charge in [-0.25, -0.2) is 4.98 Å². The maximum atomic E-state index is 12.6. The van der Waals surface area contributed by atoms with Crippen LogP contribution >= 0.6 is 0 Å². The molecule has 0 saturated heterocycles. The molecule has 0 aliphatic rings. The highest BCUT2D eigenvalue weighted by Crippen LogP contribution is 2.33. The van der Waals surface area contributed by atoms with Crippen molar-refractivity contribution in [2.75, 3.05) is 13.6 Å². The van der Waals surface area contributed by atoms with Crippen LogP contribution in [0.5, 0.6) is 0 Å². The van der Waals surface area contributed by atoms with Crippen LogP contribution in [0.4, 0.5) is 13.2 Å². The van der Waals surface area contributed by atoms with E-state index < -0.39 is 12.1 Å². The van der Waals surface area contributed by atoms with Gasteiger partial charge in [0.15, 0.2) is 0 Å². The minimum Gasteiger partial charge on any atom is -0.437 e. The van der Waals surface area contributed by atoms with Crippen LogP contribution in [0.1, 0.15) is 11.7 Å². The number of nitrogens with zero attached hydrogens (tertiary/aromatic N) is 1. The first-order valence-electron chi connectivity index (χ1n) is 5.79. The molecule has 3 nitrogen and oxygen atoms in total. The van der Waals surface area contributed by atoms with Crippen molar-refractivity contribution in [1.29, 1.82) is 0 Å². The van der Waals surface area contributed by atoms with Crippen LogP contribution in [-0.2, 0) is 12.6 Å². The summed E-state index contributed by atoms with van der Waals surface area (Å²) in [6.45, 7) is 0.520. The zero-order valence-electron chi connectivity index (χ0n) is 10.3. The highest BCUT2D eigenvalue weighted by atomic mass is 19.4. The standard InChI is InChI=1S/C13H13F3N2O/c1-17-8-7-10-11(9-5-3-2-4-6-9)18-12(19-10)13(14,15)16/h2-6,17H,7-8H2,1H3. The van der Waals surface area contributed by atoms with Gasteiger partial charge < -0.3 is 9.73 Å². The fourth-order valence-electron chi connectivity index (χ4n) is 1.70. The third kappa shape index (κ3) is 3.14. The first kappa shape index (κ1) is 13.6. The van der Waals surface area contributed by atoms with E-state index in [0.29, 0.717) is 18.5 Å². The summed E-state index contributed by atoms with van der Waals surface area (Å²) >= 11 is 0. The molecular formula is C13H13F3N2O. The van der Waals surface area contributed by atoms with Crippen LogP contribution in [0.2, 0.25) is 0 Å². The molecule has 0 atom stereocenters. The van der Waals surface area contributed by atoms with E-state index in [-0.39, 0.29) is 11.5 Å². The van der Waals surface area contributed by atoms with E-state index in [4.69, 9.17) is 4.42 Å². The summed E-state index contributed by atoms with van der Waals surface area (Å²) < 4.78 is 42.8. The molecule has 0 spiro atoms. The van der Waals surface area contributed by atoms with Crippen molar-refractivity contribution < 1.29 is 17.6 Å². The highest BCUT2D eigenvalue weighted by molar-refractivity contribution is 5.61. The number of oxazole rings is 1. The van der Waals surface area contributed by atoms with Gasteiger partial charge in [-0.05, 0) is 7.05 Å². The number of rotatable bonds is 4. The summed E-state index contributed by atoms with van der Waals surface area (Å²) in [7, 11) is 1.73. The van der Waals surface area contributed by atoms with Crippen molar-refractivity contribution in [2.45, 2.75) is 12.6 Å². The van der Waals surface area contributed by atoms with Crippen molar-refractivity contribution in [2.24, 2.45) is 0 Å². The predicted molar refractivity (Wildman–Crippen MR) is 64.6 cm³/mol. The maximum absolute atomic E-state index is 12.6. The zero-order valence-corrected chi connectivity index (χ0v) is 10.3. The Bertz CT molecular complexity index is 535. The van der Waals surface area contributed by atoms with Crippen LogP contribution in [0.3, 0.4) is 0 Å². The minimum absolute atomic E-state index is 0.243. The topological polar surface area (TPSA) is 38.1 Å². The van der Waals surface area contributed by atoms with Crippen LogP contribution in [0.25, 0.3) is 11.3 Å². The molecule has 0 amide bonds. The van der Waals surface area contributed by atoms with E-state index >= 15 is 0 Å². The molecule has 2 aromatic rings. The molecule has 102 valence electrons. The third-order valence-electron chi connectivity index (χ3n) is 2.59. The monoisotopic (exact) mass is 270 g/mol. The lowest BCUT2D eigenvalue weighted by Gasteiger charge is -2.00. The summed E-state index contributed by atoms with van der Waals surface area (Å²) in [6.07, 6.45) is -4.22. The number of nitrogens with one attached hydrogen (secondary N) is 1. The molecule has 0 fully saturated rings. The average molecular weight is 270 g/mol. The molecule has 1 heterocycles. The van der Waals surface area contributed by atoms with Gasteiger partial charge in [0.05, 0.1) is 0 Å². The third-order valence-corrected chi connectivity index (χ3v) is 2.59. The molecule has 0 radical (unpaired) electrons. The number of hydrogen-bond donors (Lipinski definition) is 1. The maximum Gasteiger partial charge on any atom is 0.468 e. The number of aromatic nitrogens is 1. The van der Waals surface area contributed by atoms with E-state index in [0.717, 1.165) is 0 Å². The fourth-order valence-corrected chi connectivity index (χ4v) is 1.70. The first-order chi connectivity index (χ1) is 9.02. The van der Waals surface area contributed by atoms with Gasteiger partial charge in [-0.2, -0.15) is 13.2 Å². The Morgan fingerprint density at radius 2 is 1.89 bits per heavy atom. The molecule has 0 bridgehead atoms. The highest BCUT2D eigenvalue weighted by Gasteiger charge is 2.38. The number of alkyl halides is 3. The summed E-state index contributed by atoms with van der Waals surface area (Å²) in [5.74, 6) is -0.953. The Balaban J connectivity index is 2.43. The molecule has 1 N–H and O–H groups in total. The number of halogens is 3. The number of benzene rings is 1. The Morgan fingerprint density at radius 3 is 2.47 bits per heavy atom. The second-order valence-corrected chi connectivity index (χ2v) is 4.01. The second kappa shape index (κ2) is 5.44. The first-order valence-corrected chi connectivity index (χ1v) is 5.79. The molecule has 1 aromatic heterocycles. The van der Waals surface area contributed by atoms with Gasteiger partial charge in [-0.1, -0.05) is 30.3 Å². The Labute approximate surface area is 108 Å². The summed E-state index contributed by atoms with van der Waals surface area (Å²) in [5.41, 5.74) is 0.871. The van der Waals surface area contributed by atoms with Crippen molar-refractivity contribution >= 4 is 0 Å². The van der Waals surface area contributed by atoms with Gasteiger partial charge in [-0.15, -0.1) is 0 Å². The van der Waals surface area contributed by atoms with Crippen LogP contribution in [-0.4, -0.2) is 18.6 Å². The summed E-state index contributed by atoms with van der Waals surface area (Å²) in [5, 5.41) is 2.87. The molecule has 19 heavy (non-hydrogen) atoms. The largest absolute Gasteiger partial charge is 0.468 e. The van der Waals surface area contributed by atoms with Gasteiger partial charge in [-0.3, -0.25) is 0 Å². The molecule has 0 saturated carbocycles. The summed E-state index contributed by atoms with van der Waals surface area (Å²) in [6, 6.07) is 8.71. The van der Waals surface area contributed by atoms with E-state index in [9.17, 15) is 13.2 Å². The van der Waals surface area contributed by atoms with E-state index in [1.54, 1.807) is 37.4 Å².